The van der Waals surface area contributed by atoms with E-state index in [1.54, 1.807) is 25.4 Å². The van der Waals surface area contributed by atoms with Gasteiger partial charge >= 0.3 is 0 Å². The number of methoxy groups -OCH3 is 1. The zero-order valence-electron chi connectivity index (χ0n) is 14.8. The lowest BCUT2D eigenvalue weighted by atomic mass is 9.75. The highest BCUT2D eigenvalue weighted by Gasteiger charge is 2.68. The van der Waals surface area contributed by atoms with Gasteiger partial charge < -0.3 is 14.8 Å². The van der Waals surface area contributed by atoms with E-state index >= 15 is 0 Å². The molecule has 1 amide bonds. The summed E-state index contributed by atoms with van der Waals surface area (Å²) in [4.78, 5) is 21.7. The molecule has 0 radical (unpaired) electrons. The Hall–Kier alpha value is -2.47. The molecule has 4 heterocycles. The molecule has 0 spiro atoms. The summed E-state index contributed by atoms with van der Waals surface area (Å²) in [6.45, 7) is 1.97. The van der Waals surface area contributed by atoms with E-state index in [0.717, 1.165) is 11.3 Å². The SMILES string of the molecule is COc1ccc(NC(=O)[C@H]2[C@H]3O[C@H]([C@@H]4C[C@@H]43)[C@H]2c2ccc(C)nc2)cn1. The topological polar surface area (TPSA) is 73.3 Å². The van der Waals surface area contributed by atoms with E-state index < -0.39 is 0 Å². The van der Waals surface area contributed by atoms with Gasteiger partial charge in [-0.05, 0) is 42.9 Å². The largest absolute Gasteiger partial charge is 0.481 e. The smallest absolute Gasteiger partial charge is 0.230 e. The molecule has 0 unspecified atom stereocenters. The monoisotopic (exact) mass is 351 g/mol. The van der Waals surface area contributed by atoms with Gasteiger partial charge in [0.25, 0.3) is 0 Å². The number of rotatable bonds is 4. The fraction of sp³-hybridized carbons (Fsp3) is 0.450. The van der Waals surface area contributed by atoms with Gasteiger partial charge in [-0.2, -0.15) is 0 Å². The van der Waals surface area contributed by atoms with Crippen LogP contribution in [0.2, 0.25) is 0 Å². The first-order valence-corrected chi connectivity index (χ1v) is 9.04. The maximum atomic E-state index is 13.1. The Labute approximate surface area is 151 Å². The minimum absolute atomic E-state index is 0.000363. The zero-order valence-corrected chi connectivity index (χ0v) is 14.8. The number of nitrogens with zero attached hydrogens (tertiary/aromatic N) is 2. The van der Waals surface area contributed by atoms with Crippen molar-refractivity contribution in [3.8, 4) is 5.88 Å². The summed E-state index contributed by atoms with van der Waals surface area (Å²) in [5.74, 6) is 1.56. The number of fused-ring (bicyclic) bond motifs is 5. The minimum atomic E-state index is -0.185. The average Bonchev–Trinajstić information content (AvgIpc) is 3.28. The van der Waals surface area contributed by atoms with Crippen molar-refractivity contribution in [3.05, 3.63) is 47.9 Å². The van der Waals surface area contributed by atoms with Crippen LogP contribution in [0.25, 0.3) is 0 Å². The van der Waals surface area contributed by atoms with Gasteiger partial charge in [0.15, 0.2) is 0 Å². The van der Waals surface area contributed by atoms with E-state index in [0.29, 0.717) is 23.4 Å². The third-order valence-electron chi connectivity index (χ3n) is 5.98. The number of aryl methyl sites for hydroxylation is 1. The Bertz CT molecular complexity index is 836. The van der Waals surface area contributed by atoms with Crippen molar-refractivity contribution in [2.45, 2.75) is 31.5 Å². The molecule has 3 aliphatic rings. The van der Waals surface area contributed by atoms with E-state index in [1.165, 1.54) is 6.42 Å². The summed E-state index contributed by atoms with van der Waals surface area (Å²) in [6, 6.07) is 7.64. The van der Waals surface area contributed by atoms with Crippen molar-refractivity contribution in [1.29, 1.82) is 0 Å². The number of anilines is 1. The highest BCUT2D eigenvalue weighted by Crippen LogP contribution is 2.65. The molecule has 2 bridgehead atoms. The number of pyridine rings is 2. The fourth-order valence-corrected chi connectivity index (χ4v) is 4.67. The summed E-state index contributed by atoms with van der Waals surface area (Å²) >= 11 is 0. The molecular formula is C20H21N3O3. The molecule has 2 aromatic heterocycles. The molecule has 1 N–H and O–H groups in total. The predicted octanol–water partition coefficient (Wildman–Crippen LogP) is 2.55. The highest BCUT2D eigenvalue weighted by molar-refractivity contribution is 5.94. The van der Waals surface area contributed by atoms with Gasteiger partial charge in [0.1, 0.15) is 0 Å². The second-order valence-electron chi connectivity index (χ2n) is 7.49. The van der Waals surface area contributed by atoms with Gasteiger partial charge in [-0.25, -0.2) is 4.98 Å². The number of ether oxygens (including phenoxy) is 2. The second kappa shape index (κ2) is 5.77. The van der Waals surface area contributed by atoms with E-state index in [2.05, 4.69) is 21.4 Å². The Morgan fingerprint density at radius 1 is 1.15 bits per heavy atom. The number of nitrogens with one attached hydrogen (secondary N) is 1. The van der Waals surface area contributed by atoms with Crippen LogP contribution in [0.1, 0.15) is 23.6 Å². The van der Waals surface area contributed by atoms with Crippen LogP contribution >= 0.6 is 0 Å². The molecule has 26 heavy (non-hydrogen) atoms. The van der Waals surface area contributed by atoms with E-state index in [4.69, 9.17) is 9.47 Å². The van der Waals surface area contributed by atoms with Crippen LogP contribution in [0.5, 0.6) is 5.88 Å². The molecule has 2 aromatic rings. The van der Waals surface area contributed by atoms with E-state index in [9.17, 15) is 4.79 Å². The normalized spacial score (nSPS) is 33.6. The van der Waals surface area contributed by atoms with Gasteiger partial charge in [0.05, 0.1) is 37.1 Å². The van der Waals surface area contributed by atoms with Crippen LogP contribution in [0.15, 0.2) is 36.7 Å². The zero-order chi connectivity index (χ0) is 17.8. The summed E-state index contributed by atoms with van der Waals surface area (Å²) in [5, 5.41) is 3.01. The summed E-state index contributed by atoms with van der Waals surface area (Å²) in [6.07, 6.45) is 4.85. The van der Waals surface area contributed by atoms with Crippen molar-refractivity contribution in [2.24, 2.45) is 17.8 Å². The van der Waals surface area contributed by atoms with Gasteiger partial charge in [-0.15, -0.1) is 0 Å². The van der Waals surface area contributed by atoms with Crippen molar-refractivity contribution >= 4 is 11.6 Å². The number of amides is 1. The molecule has 6 heteroatoms. The van der Waals surface area contributed by atoms with Gasteiger partial charge in [0, 0.05) is 23.9 Å². The summed E-state index contributed by atoms with van der Waals surface area (Å²) in [5.41, 5.74) is 2.75. The van der Waals surface area contributed by atoms with E-state index in [-0.39, 0.29) is 30.0 Å². The Balaban J connectivity index is 1.41. The quantitative estimate of drug-likeness (QED) is 0.916. The molecule has 5 rings (SSSR count). The lowest BCUT2D eigenvalue weighted by molar-refractivity contribution is -0.122. The van der Waals surface area contributed by atoms with E-state index in [1.807, 2.05) is 19.2 Å². The van der Waals surface area contributed by atoms with Gasteiger partial charge in [-0.1, -0.05) is 6.07 Å². The third kappa shape index (κ3) is 2.40. The molecule has 6 atom stereocenters. The van der Waals surface area contributed by atoms with Crippen LogP contribution in [-0.2, 0) is 9.53 Å². The Morgan fingerprint density at radius 3 is 2.69 bits per heavy atom. The van der Waals surface area contributed by atoms with Gasteiger partial charge in [0.2, 0.25) is 11.8 Å². The lowest BCUT2D eigenvalue weighted by Gasteiger charge is -2.27. The molecule has 134 valence electrons. The molecule has 2 saturated heterocycles. The van der Waals surface area contributed by atoms with Crippen molar-refractivity contribution in [3.63, 3.8) is 0 Å². The molecule has 6 nitrogen and oxygen atoms in total. The molecule has 3 fully saturated rings. The van der Waals surface area contributed by atoms with Crippen LogP contribution in [0, 0.1) is 24.7 Å². The minimum Gasteiger partial charge on any atom is -0.481 e. The number of carbonyl (C=O) groups is 1. The predicted molar refractivity (Wildman–Crippen MR) is 94.9 cm³/mol. The standard InChI is InChI=1S/C20H21N3O3/c1-10-3-4-11(8-21-10)16-17(19-14-7-13(14)18(16)26-19)20(24)23-12-5-6-15(25-2)22-9-12/h3-6,8-9,13-14,16-19H,7H2,1-2H3,(H,23,24)/t13-,14+,16+,17-,18-,19+/m1/s1. The summed E-state index contributed by atoms with van der Waals surface area (Å²) < 4.78 is 11.3. The summed E-state index contributed by atoms with van der Waals surface area (Å²) in [7, 11) is 1.57. The highest BCUT2D eigenvalue weighted by atomic mass is 16.5. The molecular weight excluding hydrogens is 330 g/mol. The number of hydrogen-bond acceptors (Lipinski definition) is 5. The third-order valence-corrected chi connectivity index (χ3v) is 5.98. The molecule has 1 aliphatic carbocycles. The maximum absolute atomic E-state index is 13.1. The van der Waals surface area contributed by atoms with Crippen molar-refractivity contribution in [1.82, 2.24) is 9.97 Å². The average molecular weight is 351 g/mol. The second-order valence-corrected chi connectivity index (χ2v) is 7.49. The van der Waals surface area contributed by atoms with Crippen LogP contribution in [0.4, 0.5) is 5.69 Å². The first-order chi connectivity index (χ1) is 12.7. The Morgan fingerprint density at radius 2 is 2.00 bits per heavy atom. The van der Waals surface area contributed by atoms with Crippen LogP contribution in [0.3, 0.4) is 0 Å². The number of carbonyl (C=O) groups excluding carboxylic acids is 1. The number of hydrogen-bond donors (Lipinski definition) is 1. The van der Waals surface area contributed by atoms with Crippen LogP contribution < -0.4 is 10.1 Å². The molecule has 2 aliphatic heterocycles. The van der Waals surface area contributed by atoms with Crippen molar-refractivity contribution in [2.75, 3.05) is 12.4 Å². The van der Waals surface area contributed by atoms with Crippen LogP contribution in [-0.4, -0.2) is 35.2 Å². The Kier molecular flexibility index (Phi) is 3.50. The maximum Gasteiger partial charge on any atom is 0.230 e. The molecule has 0 aromatic carbocycles. The van der Waals surface area contributed by atoms with Gasteiger partial charge in [-0.3, -0.25) is 9.78 Å². The first-order valence-electron chi connectivity index (χ1n) is 9.04. The lowest BCUT2D eigenvalue weighted by Crippen LogP contribution is -2.37. The molecule has 1 saturated carbocycles. The van der Waals surface area contributed by atoms with Crippen molar-refractivity contribution < 1.29 is 14.3 Å². The number of aromatic nitrogens is 2. The first kappa shape index (κ1) is 15.8. The fourth-order valence-electron chi connectivity index (χ4n) is 4.67.